The van der Waals surface area contributed by atoms with E-state index in [1.807, 2.05) is 37.3 Å². The van der Waals surface area contributed by atoms with Crippen LogP contribution in [0.15, 0.2) is 36.5 Å². The summed E-state index contributed by atoms with van der Waals surface area (Å²) in [5.41, 5.74) is 2.52. The highest BCUT2D eigenvalue weighted by Gasteiger charge is 2.13. The van der Waals surface area contributed by atoms with Gasteiger partial charge in [-0.1, -0.05) is 17.4 Å². The molecule has 0 amide bonds. The number of benzene rings is 1. The summed E-state index contributed by atoms with van der Waals surface area (Å²) in [5, 5.41) is 3.80. The Morgan fingerprint density at radius 2 is 2.00 bits per heavy atom. The molecular formula is C18H20N4O3S. The number of anilines is 2. The molecule has 0 radical (unpaired) electrons. The van der Waals surface area contributed by atoms with E-state index in [0.29, 0.717) is 24.4 Å². The van der Waals surface area contributed by atoms with Gasteiger partial charge in [-0.3, -0.25) is 0 Å². The number of rotatable bonds is 8. The first-order chi connectivity index (χ1) is 12.7. The maximum atomic E-state index is 5.59. The molecule has 0 spiro atoms. The van der Waals surface area contributed by atoms with E-state index in [1.165, 1.54) is 11.3 Å². The normalized spacial score (nSPS) is 10.6. The van der Waals surface area contributed by atoms with Crippen LogP contribution in [0.4, 0.5) is 11.6 Å². The van der Waals surface area contributed by atoms with Gasteiger partial charge in [0.25, 0.3) is 5.19 Å². The van der Waals surface area contributed by atoms with Gasteiger partial charge in [0.2, 0.25) is 5.95 Å². The highest BCUT2D eigenvalue weighted by Crippen LogP contribution is 2.33. The zero-order valence-electron chi connectivity index (χ0n) is 14.9. The zero-order valence-corrected chi connectivity index (χ0v) is 15.7. The Kier molecular flexibility index (Phi) is 5.98. The number of ether oxygens (including phenoxy) is 3. The molecular weight excluding hydrogens is 352 g/mol. The number of aryl methyl sites for hydroxylation is 1. The molecule has 0 aliphatic rings. The van der Waals surface area contributed by atoms with E-state index in [-0.39, 0.29) is 0 Å². The lowest BCUT2D eigenvalue weighted by Crippen LogP contribution is -2.03. The second-order valence-electron chi connectivity index (χ2n) is 5.36. The van der Waals surface area contributed by atoms with Crippen LogP contribution in [0.5, 0.6) is 10.9 Å². The Balaban J connectivity index is 1.78. The molecule has 0 bridgehead atoms. The number of hydrogen-bond donors (Lipinski definition) is 1. The van der Waals surface area contributed by atoms with Crippen molar-refractivity contribution >= 4 is 23.0 Å². The lowest BCUT2D eigenvalue weighted by molar-refractivity contribution is 0.146. The highest BCUT2D eigenvalue weighted by molar-refractivity contribution is 7.17. The molecule has 2 heterocycles. The average Bonchev–Trinajstić information content (AvgIpc) is 3.03. The third-order valence-electron chi connectivity index (χ3n) is 3.50. The molecule has 26 heavy (non-hydrogen) atoms. The molecule has 3 rings (SSSR count). The molecule has 0 saturated heterocycles. The second-order valence-corrected chi connectivity index (χ2v) is 6.32. The largest absolute Gasteiger partial charge is 0.497 e. The first-order valence-corrected chi connectivity index (χ1v) is 8.85. The van der Waals surface area contributed by atoms with Gasteiger partial charge in [0.05, 0.1) is 30.0 Å². The molecule has 0 saturated carbocycles. The van der Waals surface area contributed by atoms with Crippen molar-refractivity contribution in [2.75, 3.05) is 32.8 Å². The van der Waals surface area contributed by atoms with Crippen molar-refractivity contribution < 1.29 is 14.2 Å². The molecule has 0 fully saturated rings. The zero-order chi connectivity index (χ0) is 18.4. The molecule has 2 aromatic heterocycles. The van der Waals surface area contributed by atoms with Crippen LogP contribution in [0.3, 0.4) is 0 Å². The van der Waals surface area contributed by atoms with E-state index in [0.717, 1.165) is 27.7 Å². The van der Waals surface area contributed by atoms with E-state index in [4.69, 9.17) is 14.2 Å². The predicted octanol–water partition coefficient (Wildman–Crippen LogP) is 3.69. The molecule has 3 aromatic rings. The van der Waals surface area contributed by atoms with Crippen LogP contribution in [0.25, 0.3) is 10.6 Å². The van der Waals surface area contributed by atoms with Gasteiger partial charge in [-0.15, -0.1) is 0 Å². The van der Waals surface area contributed by atoms with E-state index in [9.17, 15) is 0 Å². The third-order valence-corrected chi connectivity index (χ3v) is 4.60. The lowest BCUT2D eigenvalue weighted by atomic mass is 10.3. The maximum absolute atomic E-state index is 5.59. The average molecular weight is 372 g/mol. The van der Waals surface area contributed by atoms with E-state index in [2.05, 4.69) is 20.3 Å². The highest BCUT2D eigenvalue weighted by atomic mass is 32.1. The van der Waals surface area contributed by atoms with Crippen molar-refractivity contribution in [3.8, 4) is 21.5 Å². The fraction of sp³-hybridized carbons (Fsp3) is 0.278. The summed E-state index contributed by atoms with van der Waals surface area (Å²) in [4.78, 5) is 14.3. The number of methoxy groups -OCH3 is 2. The van der Waals surface area contributed by atoms with Gasteiger partial charge in [-0.2, -0.15) is 0 Å². The van der Waals surface area contributed by atoms with Gasteiger partial charge < -0.3 is 19.5 Å². The fourth-order valence-corrected chi connectivity index (χ4v) is 3.17. The Labute approximate surface area is 156 Å². The summed E-state index contributed by atoms with van der Waals surface area (Å²) >= 11 is 1.46. The smallest absolute Gasteiger partial charge is 0.274 e. The first kappa shape index (κ1) is 18.1. The number of hydrogen-bond acceptors (Lipinski definition) is 8. The van der Waals surface area contributed by atoms with E-state index >= 15 is 0 Å². The molecule has 136 valence electrons. The molecule has 7 nitrogen and oxygen atoms in total. The number of nitrogens with zero attached hydrogens (tertiary/aromatic N) is 3. The number of aromatic nitrogens is 3. The Morgan fingerprint density at radius 1 is 1.12 bits per heavy atom. The van der Waals surface area contributed by atoms with E-state index < -0.39 is 0 Å². The van der Waals surface area contributed by atoms with Crippen molar-refractivity contribution in [3.05, 3.63) is 42.2 Å². The molecule has 0 atom stereocenters. The summed E-state index contributed by atoms with van der Waals surface area (Å²) in [7, 11) is 3.27. The van der Waals surface area contributed by atoms with Gasteiger partial charge in [0.15, 0.2) is 0 Å². The quantitative estimate of drug-likeness (QED) is 0.604. The molecule has 0 aliphatic heterocycles. The lowest BCUT2D eigenvalue weighted by Gasteiger charge is -2.07. The molecule has 8 heteroatoms. The molecule has 0 aliphatic carbocycles. The van der Waals surface area contributed by atoms with Crippen LogP contribution < -0.4 is 14.8 Å². The fourth-order valence-electron chi connectivity index (χ4n) is 2.26. The predicted molar refractivity (Wildman–Crippen MR) is 102 cm³/mol. The van der Waals surface area contributed by atoms with Crippen LogP contribution in [0.1, 0.15) is 5.69 Å². The summed E-state index contributed by atoms with van der Waals surface area (Å²) < 4.78 is 15.8. The minimum Gasteiger partial charge on any atom is -0.497 e. The Morgan fingerprint density at radius 3 is 2.81 bits per heavy atom. The number of thiazole rings is 1. The van der Waals surface area contributed by atoms with Crippen molar-refractivity contribution in [2.24, 2.45) is 0 Å². The van der Waals surface area contributed by atoms with Crippen molar-refractivity contribution in [1.82, 2.24) is 15.0 Å². The maximum Gasteiger partial charge on any atom is 0.274 e. The molecule has 0 unspecified atom stereocenters. The van der Waals surface area contributed by atoms with Crippen molar-refractivity contribution in [3.63, 3.8) is 0 Å². The van der Waals surface area contributed by atoms with Gasteiger partial charge in [0, 0.05) is 25.1 Å². The van der Waals surface area contributed by atoms with Gasteiger partial charge in [0.1, 0.15) is 12.4 Å². The third kappa shape index (κ3) is 4.47. The van der Waals surface area contributed by atoms with Crippen LogP contribution in [0.2, 0.25) is 0 Å². The Hall–Kier alpha value is -2.71. The number of nitrogens with one attached hydrogen (secondary N) is 1. The monoisotopic (exact) mass is 372 g/mol. The van der Waals surface area contributed by atoms with Crippen LogP contribution in [-0.2, 0) is 4.74 Å². The minimum atomic E-state index is 0.468. The van der Waals surface area contributed by atoms with Crippen molar-refractivity contribution in [1.29, 1.82) is 0 Å². The summed E-state index contributed by atoms with van der Waals surface area (Å²) in [6.07, 6.45) is 1.72. The second kappa shape index (κ2) is 8.59. The Bertz CT molecular complexity index is 869. The summed E-state index contributed by atoms with van der Waals surface area (Å²) in [6.45, 7) is 2.93. The SMILES string of the molecule is COCCOc1nc(C)c(-c2ccnc(Nc3cccc(OC)c3)n2)s1. The molecule has 1 aromatic carbocycles. The minimum absolute atomic E-state index is 0.468. The van der Waals surface area contributed by atoms with Crippen LogP contribution in [0, 0.1) is 6.92 Å². The van der Waals surface area contributed by atoms with Gasteiger partial charge in [-0.25, -0.2) is 15.0 Å². The topological polar surface area (TPSA) is 78.4 Å². The summed E-state index contributed by atoms with van der Waals surface area (Å²) in [6, 6.07) is 9.46. The van der Waals surface area contributed by atoms with E-state index in [1.54, 1.807) is 20.4 Å². The standard InChI is InChI=1S/C18H20N4O3S/c1-12-16(26-18(20-12)25-10-9-23-2)15-7-8-19-17(22-15)21-13-5-4-6-14(11-13)24-3/h4-8,11H,9-10H2,1-3H3,(H,19,21,22). The van der Waals surface area contributed by atoms with Gasteiger partial charge >= 0.3 is 0 Å². The van der Waals surface area contributed by atoms with Crippen LogP contribution >= 0.6 is 11.3 Å². The van der Waals surface area contributed by atoms with Gasteiger partial charge in [-0.05, 0) is 25.1 Å². The summed E-state index contributed by atoms with van der Waals surface area (Å²) in [5.74, 6) is 1.27. The van der Waals surface area contributed by atoms with Crippen molar-refractivity contribution in [2.45, 2.75) is 6.92 Å². The molecule has 1 N–H and O–H groups in total. The van der Waals surface area contributed by atoms with Crippen LogP contribution in [-0.4, -0.2) is 42.4 Å². The first-order valence-electron chi connectivity index (χ1n) is 8.03.